The van der Waals surface area contributed by atoms with Crippen LogP contribution < -0.4 is 11.3 Å². The molecule has 8 heteroatoms. The first-order valence-electron chi connectivity index (χ1n) is 5.86. The maximum Gasteiger partial charge on any atom is 0.275 e. The third kappa shape index (κ3) is 3.03. The Morgan fingerprint density at radius 1 is 1.40 bits per heavy atom. The number of nitrogens with two attached hydrogens (primary N) is 1. The van der Waals surface area contributed by atoms with Gasteiger partial charge in [-0.15, -0.1) is 11.3 Å². The van der Waals surface area contributed by atoms with Gasteiger partial charge in [0.15, 0.2) is 0 Å². The van der Waals surface area contributed by atoms with Crippen molar-refractivity contribution >= 4 is 23.2 Å². The fourth-order valence-corrected chi connectivity index (χ4v) is 2.51. The van der Waals surface area contributed by atoms with Crippen LogP contribution in [0, 0.1) is 0 Å². The topological polar surface area (TPSA) is 93.2 Å². The molecular formula is C12H15N5O2S. The molecule has 0 aliphatic heterocycles. The highest BCUT2D eigenvalue weighted by Gasteiger charge is 2.12. The average Bonchev–Trinajstić information content (AvgIpc) is 3.06. The second-order valence-corrected chi connectivity index (χ2v) is 5.51. The van der Waals surface area contributed by atoms with Crippen LogP contribution in [0.25, 0.3) is 0 Å². The summed E-state index contributed by atoms with van der Waals surface area (Å²) in [7, 11) is 3.36. The summed E-state index contributed by atoms with van der Waals surface area (Å²) in [4.78, 5) is 26.0. The van der Waals surface area contributed by atoms with Crippen LogP contribution in [0.15, 0.2) is 24.4 Å². The third-order valence-corrected chi connectivity index (χ3v) is 3.67. The highest BCUT2D eigenvalue weighted by molar-refractivity contribution is 7.14. The quantitative estimate of drug-likeness (QED) is 0.481. The van der Waals surface area contributed by atoms with Crippen LogP contribution in [0.5, 0.6) is 0 Å². The summed E-state index contributed by atoms with van der Waals surface area (Å²) in [6.45, 7) is 0.503. The van der Waals surface area contributed by atoms with Gasteiger partial charge in [0.25, 0.3) is 11.8 Å². The van der Waals surface area contributed by atoms with E-state index in [0.29, 0.717) is 17.1 Å². The molecule has 20 heavy (non-hydrogen) atoms. The Hall–Kier alpha value is -2.19. The number of hydrogen-bond acceptors (Lipinski definition) is 5. The van der Waals surface area contributed by atoms with Crippen molar-refractivity contribution in [3.8, 4) is 0 Å². The predicted molar refractivity (Wildman–Crippen MR) is 75.3 cm³/mol. The van der Waals surface area contributed by atoms with Gasteiger partial charge in [0, 0.05) is 25.2 Å². The van der Waals surface area contributed by atoms with Crippen LogP contribution in [0.2, 0.25) is 0 Å². The molecule has 2 aromatic heterocycles. The summed E-state index contributed by atoms with van der Waals surface area (Å²) in [5, 5.41) is 4.21. The predicted octanol–water partition coefficient (Wildman–Crippen LogP) is 0.298. The molecule has 2 aromatic rings. The molecule has 0 aliphatic carbocycles. The Morgan fingerprint density at radius 3 is 2.80 bits per heavy atom. The van der Waals surface area contributed by atoms with E-state index in [1.54, 1.807) is 37.1 Å². The van der Waals surface area contributed by atoms with Crippen molar-refractivity contribution in [3.63, 3.8) is 0 Å². The van der Waals surface area contributed by atoms with Gasteiger partial charge in [-0.3, -0.25) is 19.7 Å². The van der Waals surface area contributed by atoms with Gasteiger partial charge < -0.3 is 4.90 Å². The maximum atomic E-state index is 11.7. The zero-order valence-electron chi connectivity index (χ0n) is 11.2. The van der Waals surface area contributed by atoms with Crippen molar-refractivity contribution in [1.29, 1.82) is 0 Å². The van der Waals surface area contributed by atoms with E-state index in [9.17, 15) is 9.59 Å². The van der Waals surface area contributed by atoms with Crippen molar-refractivity contribution in [2.45, 2.75) is 6.54 Å². The van der Waals surface area contributed by atoms with Crippen molar-refractivity contribution in [3.05, 3.63) is 39.8 Å². The first kappa shape index (κ1) is 14.2. The van der Waals surface area contributed by atoms with Crippen LogP contribution >= 0.6 is 11.3 Å². The van der Waals surface area contributed by atoms with E-state index in [1.807, 2.05) is 6.07 Å². The summed E-state index contributed by atoms with van der Waals surface area (Å²) in [6, 6.07) is 5.21. The summed E-state index contributed by atoms with van der Waals surface area (Å²) < 4.78 is 1.66. The Balaban J connectivity index is 2.09. The first-order chi connectivity index (χ1) is 9.51. The van der Waals surface area contributed by atoms with E-state index in [-0.39, 0.29) is 11.8 Å². The van der Waals surface area contributed by atoms with E-state index >= 15 is 0 Å². The minimum Gasteiger partial charge on any atom is -0.343 e. The van der Waals surface area contributed by atoms with Crippen molar-refractivity contribution < 1.29 is 9.59 Å². The maximum absolute atomic E-state index is 11.7. The highest BCUT2D eigenvalue weighted by atomic mass is 32.1. The number of carbonyl (C=O) groups is 2. The second kappa shape index (κ2) is 5.85. The SMILES string of the molecule is CN(C)C(=O)c1ccn(Cc2ccc(C(=O)NN)s2)n1. The van der Waals surface area contributed by atoms with Crippen molar-refractivity contribution in [1.82, 2.24) is 20.1 Å². The molecule has 0 radical (unpaired) electrons. The molecule has 0 saturated carbocycles. The number of carbonyl (C=O) groups excluding carboxylic acids is 2. The summed E-state index contributed by atoms with van der Waals surface area (Å²) in [5.41, 5.74) is 2.48. The minimum absolute atomic E-state index is 0.141. The monoisotopic (exact) mass is 293 g/mol. The number of nitrogen functional groups attached to an aromatic ring is 1. The molecule has 2 heterocycles. The standard InChI is InChI=1S/C12H15N5O2S/c1-16(2)12(19)9-5-6-17(15-9)7-8-3-4-10(20-8)11(18)14-13/h3-6H,7,13H2,1-2H3,(H,14,18). The Morgan fingerprint density at radius 2 is 2.15 bits per heavy atom. The van der Waals surface area contributed by atoms with Gasteiger partial charge in [-0.2, -0.15) is 5.10 Å². The molecule has 3 N–H and O–H groups in total. The number of rotatable bonds is 4. The zero-order valence-corrected chi connectivity index (χ0v) is 12.0. The zero-order chi connectivity index (χ0) is 14.7. The number of amides is 2. The molecule has 0 spiro atoms. The van der Waals surface area contributed by atoms with Crippen LogP contribution in [0.1, 0.15) is 25.0 Å². The fourth-order valence-electron chi connectivity index (χ4n) is 1.61. The lowest BCUT2D eigenvalue weighted by atomic mass is 10.4. The normalized spacial score (nSPS) is 10.3. The number of hydrogen-bond donors (Lipinski definition) is 2. The molecule has 2 amide bonds. The Labute approximate surface area is 120 Å². The smallest absolute Gasteiger partial charge is 0.275 e. The van der Waals surface area contributed by atoms with E-state index in [0.717, 1.165) is 4.88 Å². The lowest BCUT2D eigenvalue weighted by molar-refractivity contribution is 0.0820. The number of hydrazine groups is 1. The van der Waals surface area contributed by atoms with Crippen LogP contribution in [0.3, 0.4) is 0 Å². The molecule has 0 fully saturated rings. The van der Waals surface area contributed by atoms with Gasteiger partial charge in [-0.1, -0.05) is 0 Å². The number of thiophene rings is 1. The second-order valence-electron chi connectivity index (χ2n) is 4.34. The molecule has 0 unspecified atom stereocenters. The van der Waals surface area contributed by atoms with Crippen molar-refractivity contribution in [2.24, 2.45) is 5.84 Å². The largest absolute Gasteiger partial charge is 0.343 e. The van der Waals surface area contributed by atoms with Gasteiger partial charge >= 0.3 is 0 Å². The summed E-state index contributed by atoms with van der Waals surface area (Å²) in [5.74, 6) is 4.62. The molecule has 7 nitrogen and oxygen atoms in total. The van der Waals surface area contributed by atoms with Crippen LogP contribution in [-0.4, -0.2) is 40.6 Å². The van der Waals surface area contributed by atoms with Gasteiger partial charge in [0.1, 0.15) is 5.69 Å². The first-order valence-corrected chi connectivity index (χ1v) is 6.67. The molecule has 0 saturated heterocycles. The Bertz CT molecular complexity index is 631. The molecular weight excluding hydrogens is 278 g/mol. The third-order valence-electron chi connectivity index (χ3n) is 2.60. The van der Waals surface area contributed by atoms with Crippen LogP contribution in [-0.2, 0) is 6.54 Å². The average molecular weight is 293 g/mol. The van der Waals surface area contributed by atoms with Gasteiger partial charge in [0.05, 0.1) is 11.4 Å². The number of nitrogens with one attached hydrogen (secondary N) is 1. The summed E-state index contributed by atoms with van der Waals surface area (Å²) in [6.07, 6.45) is 1.74. The lowest BCUT2D eigenvalue weighted by Crippen LogP contribution is -2.29. The fraction of sp³-hybridized carbons (Fsp3) is 0.250. The molecule has 2 rings (SSSR count). The van der Waals surface area contributed by atoms with Crippen molar-refractivity contribution in [2.75, 3.05) is 14.1 Å². The van der Waals surface area contributed by atoms with Gasteiger partial charge in [0.2, 0.25) is 0 Å². The van der Waals surface area contributed by atoms with E-state index in [1.165, 1.54) is 16.2 Å². The molecule has 106 valence electrons. The molecule has 0 aromatic carbocycles. The number of nitrogens with zero attached hydrogens (tertiary/aromatic N) is 3. The molecule has 0 bridgehead atoms. The molecule has 0 atom stereocenters. The van der Waals surface area contributed by atoms with Crippen LogP contribution in [0.4, 0.5) is 0 Å². The summed E-state index contributed by atoms with van der Waals surface area (Å²) >= 11 is 1.34. The lowest BCUT2D eigenvalue weighted by Gasteiger charge is -2.06. The Kier molecular flexibility index (Phi) is 4.16. The molecule has 0 aliphatic rings. The van der Waals surface area contributed by atoms with E-state index in [2.05, 4.69) is 10.5 Å². The van der Waals surface area contributed by atoms with E-state index < -0.39 is 0 Å². The number of aromatic nitrogens is 2. The van der Waals surface area contributed by atoms with Gasteiger partial charge in [-0.25, -0.2) is 5.84 Å². The van der Waals surface area contributed by atoms with E-state index in [4.69, 9.17) is 5.84 Å². The minimum atomic E-state index is -0.315. The van der Waals surface area contributed by atoms with Gasteiger partial charge in [-0.05, 0) is 18.2 Å². The highest BCUT2D eigenvalue weighted by Crippen LogP contribution is 2.17.